The Morgan fingerprint density at radius 2 is 2.31 bits per heavy atom. The monoisotopic (exact) mass is 239 g/mol. The Labute approximate surface area is 102 Å². The molecule has 1 aliphatic rings. The Kier molecular flexibility index (Phi) is 3.38. The van der Waals surface area contributed by atoms with E-state index in [4.69, 9.17) is 0 Å². The highest BCUT2D eigenvalue weighted by Gasteiger charge is 2.25. The van der Waals surface area contributed by atoms with Gasteiger partial charge in [-0.25, -0.2) is 0 Å². The van der Waals surface area contributed by atoms with E-state index >= 15 is 0 Å². The highest BCUT2D eigenvalue weighted by Crippen LogP contribution is 2.33. The maximum Gasteiger partial charge on any atom is 0.0603 e. The van der Waals surface area contributed by atoms with Crippen LogP contribution in [0.5, 0.6) is 0 Å². The van der Waals surface area contributed by atoms with E-state index in [2.05, 4.69) is 23.3 Å². The van der Waals surface area contributed by atoms with Crippen LogP contribution in [0.3, 0.4) is 0 Å². The van der Waals surface area contributed by atoms with Gasteiger partial charge >= 0.3 is 0 Å². The molecule has 0 radical (unpaired) electrons. The van der Waals surface area contributed by atoms with Gasteiger partial charge in [0, 0.05) is 24.0 Å². The molecule has 0 saturated carbocycles. The van der Waals surface area contributed by atoms with Crippen LogP contribution in [0.2, 0.25) is 0 Å². The van der Waals surface area contributed by atoms with Crippen molar-refractivity contribution in [2.75, 3.05) is 13.1 Å². The number of nitrogens with zero attached hydrogens (tertiary/aromatic N) is 1. The number of rotatable bonds is 3. The fourth-order valence-corrected chi connectivity index (χ4v) is 3.25. The summed E-state index contributed by atoms with van der Waals surface area (Å²) in [5, 5.41) is 12.0. The lowest BCUT2D eigenvalue weighted by atomic mass is 9.99. The van der Waals surface area contributed by atoms with Crippen molar-refractivity contribution in [2.24, 2.45) is 0 Å². The lowest BCUT2D eigenvalue weighted by Gasteiger charge is -2.35. The van der Waals surface area contributed by atoms with Gasteiger partial charge in [-0.1, -0.05) is 0 Å². The molecule has 0 aliphatic carbocycles. The second kappa shape index (κ2) is 4.47. The zero-order valence-electron chi connectivity index (χ0n) is 10.4. The lowest BCUT2D eigenvalue weighted by molar-refractivity contribution is 0.0507. The van der Waals surface area contributed by atoms with Gasteiger partial charge in [-0.3, -0.25) is 4.90 Å². The third-order valence-electron chi connectivity index (χ3n) is 3.41. The van der Waals surface area contributed by atoms with Gasteiger partial charge in [0.15, 0.2) is 0 Å². The Morgan fingerprint density at radius 1 is 1.56 bits per heavy atom. The first kappa shape index (κ1) is 12.1. The fourth-order valence-electron chi connectivity index (χ4n) is 2.28. The van der Waals surface area contributed by atoms with Gasteiger partial charge < -0.3 is 5.11 Å². The van der Waals surface area contributed by atoms with Crippen molar-refractivity contribution < 1.29 is 5.11 Å². The number of aliphatic hydroxyl groups is 1. The molecule has 16 heavy (non-hydrogen) atoms. The minimum Gasteiger partial charge on any atom is -0.390 e. The number of hydrogen-bond acceptors (Lipinski definition) is 3. The molecule has 0 fully saturated rings. The normalized spacial score (nSPS) is 22.1. The maximum atomic E-state index is 9.77. The standard InChI is InChI=1S/C13H21NOS/c1-10-11-5-9-16-12(11)4-7-14(10)8-6-13(2,3)15/h5,9-10,15H,4,6-8H2,1-3H3. The van der Waals surface area contributed by atoms with E-state index in [0.717, 1.165) is 19.5 Å². The fraction of sp³-hybridized carbons (Fsp3) is 0.692. The molecule has 2 rings (SSSR count). The molecule has 0 saturated heterocycles. The van der Waals surface area contributed by atoms with Crippen molar-refractivity contribution in [3.05, 3.63) is 21.9 Å². The summed E-state index contributed by atoms with van der Waals surface area (Å²) in [6.45, 7) is 8.16. The molecule has 2 heterocycles. The van der Waals surface area contributed by atoms with Gasteiger partial charge in [-0.05, 0) is 50.6 Å². The summed E-state index contributed by atoms with van der Waals surface area (Å²) < 4.78 is 0. The molecule has 0 amide bonds. The van der Waals surface area contributed by atoms with Crippen molar-refractivity contribution >= 4 is 11.3 Å². The van der Waals surface area contributed by atoms with Crippen molar-refractivity contribution in [2.45, 2.75) is 45.3 Å². The number of fused-ring (bicyclic) bond motifs is 1. The first-order valence-electron chi connectivity index (χ1n) is 6.00. The quantitative estimate of drug-likeness (QED) is 0.876. The smallest absolute Gasteiger partial charge is 0.0603 e. The first-order chi connectivity index (χ1) is 7.47. The molecule has 1 N–H and O–H groups in total. The van der Waals surface area contributed by atoms with Gasteiger partial charge in [0.25, 0.3) is 0 Å². The summed E-state index contributed by atoms with van der Waals surface area (Å²) in [5.41, 5.74) is 0.946. The predicted molar refractivity (Wildman–Crippen MR) is 68.9 cm³/mol. The number of thiophene rings is 1. The molecule has 3 heteroatoms. The molecule has 90 valence electrons. The summed E-state index contributed by atoms with van der Waals surface area (Å²) >= 11 is 1.88. The molecule has 1 aromatic heterocycles. The van der Waals surface area contributed by atoms with E-state index < -0.39 is 5.60 Å². The topological polar surface area (TPSA) is 23.5 Å². The summed E-state index contributed by atoms with van der Waals surface area (Å²) in [5.74, 6) is 0. The maximum absolute atomic E-state index is 9.77. The third-order valence-corrected chi connectivity index (χ3v) is 4.41. The summed E-state index contributed by atoms with van der Waals surface area (Å²) in [7, 11) is 0. The van der Waals surface area contributed by atoms with E-state index in [-0.39, 0.29) is 0 Å². The van der Waals surface area contributed by atoms with E-state index in [9.17, 15) is 5.11 Å². The second-order valence-electron chi connectivity index (χ2n) is 5.32. The van der Waals surface area contributed by atoms with Crippen LogP contribution in [-0.4, -0.2) is 28.7 Å². The number of hydrogen-bond donors (Lipinski definition) is 1. The predicted octanol–water partition coefficient (Wildman–Crippen LogP) is 2.83. The molecule has 0 aromatic carbocycles. The molecule has 1 aromatic rings. The van der Waals surface area contributed by atoms with Crippen LogP contribution in [0.15, 0.2) is 11.4 Å². The average molecular weight is 239 g/mol. The molecular formula is C13H21NOS. The van der Waals surface area contributed by atoms with Crippen LogP contribution in [0.1, 0.15) is 43.7 Å². The van der Waals surface area contributed by atoms with Gasteiger partial charge in [-0.15, -0.1) is 11.3 Å². The highest BCUT2D eigenvalue weighted by molar-refractivity contribution is 7.10. The third kappa shape index (κ3) is 2.65. The average Bonchev–Trinajstić information content (AvgIpc) is 2.64. The Hall–Kier alpha value is -0.380. The van der Waals surface area contributed by atoms with Crippen LogP contribution < -0.4 is 0 Å². The Balaban J connectivity index is 1.99. The van der Waals surface area contributed by atoms with Gasteiger partial charge in [0.1, 0.15) is 0 Å². The minimum absolute atomic E-state index is 0.511. The van der Waals surface area contributed by atoms with E-state index in [0.29, 0.717) is 6.04 Å². The molecule has 1 atom stereocenters. The Morgan fingerprint density at radius 3 is 3.00 bits per heavy atom. The summed E-state index contributed by atoms with van der Waals surface area (Å²) in [6.07, 6.45) is 2.01. The van der Waals surface area contributed by atoms with Crippen LogP contribution in [0.25, 0.3) is 0 Å². The minimum atomic E-state index is -0.547. The van der Waals surface area contributed by atoms with E-state index in [1.54, 1.807) is 4.88 Å². The summed E-state index contributed by atoms with van der Waals surface area (Å²) in [4.78, 5) is 4.03. The second-order valence-corrected chi connectivity index (χ2v) is 6.32. The first-order valence-corrected chi connectivity index (χ1v) is 6.88. The van der Waals surface area contributed by atoms with Gasteiger partial charge in [0.2, 0.25) is 0 Å². The molecule has 0 spiro atoms. The van der Waals surface area contributed by atoms with E-state index in [1.807, 2.05) is 25.2 Å². The zero-order valence-corrected chi connectivity index (χ0v) is 11.2. The van der Waals surface area contributed by atoms with E-state index in [1.165, 1.54) is 12.0 Å². The molecular weight excluding hydrogens is 218 g/mol. The largest absolute Gasteiger partial charge is 0.390 e. The zero-order chi connectivity index (χ0) is 11.8. The molecule has 0 bridgehead atoms. The van der Waals surface area contributed by atoms with Gasteiger partial charge in [-0.2, -0.15) is 0 Å². The van der Waals surface area contributed by atoms with Crippen LogP contribution in [0.4, 0.5) is 0 Å². The molecule has 2 nitrogen and oxygen atoms in total. The SMILES string of the molecule is CC1c2ccsc2CCN1CCC(C)(C)O. The molecule has 1 unspecified atom stereocenters. The molecule has 1 aliphatic heterocycles. The summed E-state index contributed by atoms with van der Waals surface area (Å²) in [6, 6.07) is 2.76. The van der Waals surface area contributed by atoms with Crippen LogP contribution in [0, 0.1) is 0 Å². The van der Waals surface area contributed by atoms with Crippen molar-refractivity contribution in [3.8, 4) is 0 Å². The van der Waals surface area contributed by atoms with Crippen molar-refractivity contribution in [1.29, 1.82) is 0 Å². The van der Waals surface area contributed by atoms with Crippen LogP contribution >= 0.6 is 11.3 Å². The lowest BCUT2D eigenvalue weighted by Crippen LogP contribution is -2.36. The van der Waals surface area contributed by atoms with Gasteiger partial charge in [0.05, 0.1) is 5.60 Å². The highest BCUT2D eigenvalue weighted by atomic mass is 32.1. The Bertz CT molecular complexity index is 353. The van der Waals surface area contributed by atoms with Crippen LogP contribution in [-0.2, 0) is 6.42 Å². The van der Waals surface area contributed by atoms with Crippen molar-refractivity contribution in [3.63, 3.8) is 0 Å². The van der Waals surface area contributed by atoms with Crippen molar-refractivity contribution in [1.82, 2.24) is 4.90 Å².